The highest BCUT2D eigenvalue weighted by Crippen LogP contribution is 2.35. The lowest BCUT2D eigenvalue weighted by Gasteiger charge is -2.24. The summed E-state index contributed by atoms with van der Waals surface area (Å²) in [4.78, 5) is 0.363. The van der Waals surface area contributed by atoms with Gasteiger partial charge in [0.15, 0.2) is 11.5 Å². The van der Waals surface area contributed by atoms with Crippen LogP contribution in [-0.4, -0.2) is 29.7 Å². The lowest BCUT2D eigenvalue weighted by Crippen LogP contribution is -2.28. The van der Waals surface area contributed by atoms with E-state index in [-0.39, 0.29) is 0 Å². The first kappa shape index (κ1) is 19.1. The summed E-state index contributed by atoms with van der Waals surface area (Å²) < 4.78 is 38.4. The van der Waals surface area contributed by atoms with Gasteiger partial charge in [-0.25, -0.2) is 8.42 Å². The van der Waals surface area contributed by atoms with Crippen LogP contribution in [0.3, 0.4) is 0 Å². The minimum absolute atomic E-state index is 0.363. The molecule has 0 saturated carbocycles. The summed E-state index contributed by atoms with van der Waals surface area (Å²) in [5.74, 6) is 1.03. The van der Waals surface area contributed by atoms with E-state index in [1.807, 2.05) is 33.8 Å². The molecule has 0 spiro atoms. The van der Waals surface area contributed by atoms with Gasteiger partial charge in [0.2, 0.25) is 0 Å². The largest absolute Gasteiger partial charge is 0.493 e. The second-order valence-corrected chi connectivity index (χ2v) is 8.01. The molecule has 0 amide bonds. The van der Waals surface area contributed by atoms with Gasteiger partial charge in [0.1, 0.15) is 0 Å². The van der Waals surface area contributed by atoms with Crippen LogP contribution in [0.5, 0.6) is 11.5 Å². The first-order valence-corrected chi connectivity index (χ1v) is 9.37. The van der Waals surface area contributed by atoms with Crippen LogP contribution in [0.4, 0.5) is 5.69 Å². The Kier molecular flexibility index (Phi) is 5.32. The number of rotatable bonds is 5. The normalized spacial score (nSPS) is 11.3. The van der Waals surface area contributed by atoms with Crippen LogP contribution in [0.25, 0.3) is 0 Å². The highest BCUT2D eigenvalue weighted by atomic mass is 32.2. The molecule has 2 rings (SSSR count). The molecule has 0 aliphatic rings. The Labute approximate surface area is 150 Å². The molecule has 0 bridgehead atoms. The van der Waals surface area contributed by atoms with E-state index in [0.717, 1.165) is 22.3 Å². The van der Waals surface area contributed by atoms with Gasteiger partial charge in [0.05, 0.1) is 24.8 Å². The van der Waals surface area contributed by atoms with Crippen molar-refractivity contribution < 1.29 is 17.9 Å². The Morgan fingerprint density at radius 1 is 0.840 bits per heavy atom. The Morgan fingerprint density at radius 2 is 1.36 bits per heavy atom. The zero-order valence-corrected chi connectivity index (χ0v) is 16.6. The summed E-state index contributed by atoms with van der Waals surface area (Å²) in [6.45, 7) is 7.54. The van der Waals surface area contributed by atoms with Crippen LogP contribution in [0.2, 0.25) is 0 Å². The summed E-state index contributed by atoms with van der Waals surface area (Å²) >= 11 is 0. The standard InChI is InChI=1S/C19H25NO4S/c1-12-10-13(2)15(4)19(14(12)3)25(21,22)20(5)16-8-9-17(23-6)18(11-16)24-7/h8-11H,1-7H3. The molecule has 0 radical (unpaired) electrons. The third-order valence-corrected chi connectivity index (χ3v) is 6.71. The van der Waals surface area contributed by atoms with Crippen LogP contribution in [-0.2, 0) is 10.0 Å². The fourth-order valence-corrected chi connectivity index (χ4v) is 4.62. The number of aryl methyl sites for hydroxylation is 2. The quantitative estimate of drug-likeness (QED) is 0.812. The average molecular weight is 363 g/mol. The third kappa shape index (κ3) is 3.31. The third-order valence-electron chi connectivity index (χ3n) is 4.65. The van der Waals surface area contributed by atoms with Crippen molar-refractivity contribution in [3.8, 4) is 11.5 Å². The molecule has 0 N–H and O–H groups in total. The van der Waals surface area contributed by atoms with Crippen molar-refractivity contribution in [2.45, 2.75) is 32.6 Å². The molecule has 6 heteroatoms. The van der Waals surface area contributed by atoms with Gasteiger partial charge in [-0.3, -0.25) is 4.31 Å². The van der Waals surface area contributed by atoms with E-state index in [4.69, 9.17) is 9.47 Å². The molecule has 0 aliphatic carbocycles. The fourth-order valence-electron chi connectivity index (χ4n) is 2.86. The van der Waals surface area contributed by atoms with E-state index in [9.17, 15) is 8.42 Å². The van der Waals surface area contributed by atoms with Crippen LogP contribution >= 0.6 is 0 Å². The molecular weight excluding hydrogens is 338 g/mol. The van der Waals surface area contributed by atoms with Crippen LogP contribution < -0.4 is 13.8 Å². The summed E-state index contributed by atoms with van der Waals surface area (Å²) in [6, 6.07) is 7.07. The van der Waals surface area contributed by atoms with Gasteiger partial charge < -0.3 is 9.47 Å². The van der Waals surface area contributed by atoms with Crippen LogP contribution in [0.15, 0.2) is 29.2 Å². The van der Waals surface area contributed by atoms with Gasteiger partial charge in [-0.2, -0.15) is 0 Å². The maximum absolute atomic E-state index is 13.3. The monoisotopic (exact) mass is 363 g/mol. The Bertz CT molecular complexity index is 878. The number of ether oxygens (including phenoxy) is 2. The van der Waals surface area contributed by atoms with Crippen LogP contribution in [0, 0.1) is 27.7 Å². The minimum Gasteiger partial charge on any atom is -0.493 e. The van der Waals surface area contributed by atoms with E-state index >= 15 is 0 Å². The second-order valence-electron chi connectivity index (χ2n) is 6.10. The summed E-state index contributed by atoms with van der Waals surface area (Å²) in [7, 11) is 0.907. The number of nitrogens with zero attached hydrogens (tertiary/aromatic N) is 1. The van der Waals surface area contributed by atoms with Gasteiger partial charge in [0.25, 0.3) is 10.0 Å². The summed E-state index contributed by atoms with van der Waals surface area (Å²) in [6.07, 6.45) is 0. The maximum Gasteiger partial charge on any atom is 0.264 e. The average Bonchev–Trinajstić information content (AvgIpc) is 2.58. The molecule has 0 unspecified atom stereocenters. The Balaban J connectivity index is 2.62. The molecular formula is C19H25NO4S. The van der Waals surface area contributed by atoms with Crippen molar-refractivity contribution in [1.82, 2.24) is 0 Å². The van der Waals surface area contributed by atoms with Crippen LogP contribution in [0.1, 0.15) is 22.3 Å². The van der Waals surface area contributed by atoms with E-state index in [0.29, 0.717) is 22.1 Å². The topological polar surface area (TPSA) is 55.8 Å². The smallest absolute Gasteiger partial charge is 0.264 e. The van der Waals surface area contributed by atoms with Gasteiger partial charge in [-0.1, -0.05) is 6.07 Å². The van der Waals surface area contributed by atoms with Gasteiger partial charge in [-0.05, 0) is 62.1 Å². The lowest BCUT2D eigenvalue weighted by molar-refractivity contribution is 0.355. The van der Waals surface area contributed by atoms with E-state index in [1.54, 1.807) is 32.4 Å². The van der Waals surface area contributed by atoms with E-state index < -0.39 is 10.0 Å². The highest BCUT2D eigenvalue weighted by Gasteiger charge is 2.27. The molecule has 2 aromatic rings. The van der Waals surface area contributed by atoms with E-state index in [1.165, 1.54) is 11.4 Å². The highest BCUT2D eigenvalue weighted by molar-refractivity contribution is 7.92. The van der Waals surface area contributed by atoms with Crippen molar-refractivity contribution in [1.29, 1.82) is 0 Å². The summed E-state index contributed by atoms with van der Waals surface area (Å²) in [5.41, 5.74) is 3.98. The SMILES string of the molecule is COc1ccc(N(C)S(=O)(=O)c2c(C)c(C)cc(C)c2C)cc1OC. The van der Waals surface area contributed by atoms with Crippen molar-refractivity contribution >= 4 is 15.7 Å². The molecule has 2 aromatic carbocycles. The van der Waals surface area contributed by atoms with Gasteiger partial charge in [0, 0.05) is 13.1 Å². The second kappa shape index (κ2) is 6.96. The first-order chi connectivity index (χ1) is 11.6. The van der Waals surface area contributed by atoms with Crippen molar-refractivity contribution in [3.63, 3.8) is 0 Å². The van der Waals surface area contributed by atoms with Gasteiger partial charge in [-0.15, -0.1) is 0 Å². The Hall–Kier alpha value is -2.21. The molecule has 25 heavy (non-hydrogen) atoms. The Morgan fingerprint density at radius 3 is 1.84 bits per heavy atom. The molecule has 0 fully saturated rings. The molecule has 0 aromatic heterocycles. The summed E-state index contributed by atoms with van der Waals surface area (Å²) in [5, 5.41) is 0. The van der Waals surface area contributed by atoms with Crippen molar-refractivity contribution in [3.05, 3.63) is 46.5 Å². The van der Waals surface area contributed by atoms with E-state index in [2.05, 4.69) is 0 Å². The number of benzene rings is 2. The number of methoxy groups -OCH3 is 2. The lowest BCUT2D eigenvalue weighted by atomic mass is 10.0. The molecule has 0 heterocycles. The maximum atomic E-state index is 13.3. The molecule has 136 valence electrons. The molecule has 0 saturated heterocycles. The predicted octanol–water partition coefficient (Wildman–Crippen LogP) is 3.76. The number of hydrogen-bond donors (Lipinski definition) is 0. The zero-order chi connectivity index (χ0) is 18.9. The minimum atomic E-state index is -3.71. The molecule has 0 aliphatic heterocycles. The number of hydrogen-bond acceptors (Lipinski definition) is 4. The molecule has 5 nitrogen and oxygen atoms in total. The number of sulfonamides is 1. The molecule has 0 atom stereocenters. The van der Waals surface area contributed by atoms with Crippen molar-refractivity contribution in [2.75, 3.05) is 25.6 Å². The van der Waals surface area contributed by atoms with Gasteiger partial charge >= 0.3 is 0 Å². The predicted molar refractivity (Wildman–Crippen MR) is 101 cm³/mol. The van der Waals surface area contributed by atoms with Crippen molar-refractivity contribution in [2.24, 2.45) is 0 Å². The first-order valence-electron chi connectivity index (χ1n) is 7.93. The zero-order valence-electron chi connectivity index (χ0n) is 15.8. The number of anilines is 1. The fraction of sp³-hybridized carbons (Fsp3) is 0.368.